The predicted molar refractivity (Wildman–Crippen MR) is 128 cm³/mol. The molecule has 0 spiro atoms. The Bertz CT molecular complexity index is 1260. The second-order valence-corrected chi connectivity index (χ2v) is 13.2. The molecule has 4 aliphatic carbocycles. The van der Waals surface area contributed by atoms with Crippen molar-refractivity contribution in [3.05, 3.63) is 23.9 Å². The van der Waals surface area contributed by atoms with E-state index in [4.69, 9.17) is 4.98 Å². The molecule has 1 amide bonds. The van der Waals surface area contributed by atoms with E-state index in [1.165, 1.54) is 6.26 Å². The number of carbonyl (C=O) groups is 1. The highest BCUT2D eigenvalue weighted by atomic mass is 32.2. The second kappa shape index (κ2) is 7.62. The zero-order valence-corrected chi connectivity index (χ0v) is 20.5. The van der Waals surface area contributed by atoms with Gasteiger partial charge in [0.25, 0.3) is 0 Å². The number of anilines is 1. The maximum absolute atomic E-state index is 13.5. The first kappa shape index (κ1) is 22.2. The van der Waals surface area contributed by atoms with Gasteiger partial charge in [0.05, 0.1) is 21.7 Å². The lowest BCUT2D eigenvalue weighted by Crippen LogP contribution is -2.63. The fraction of sp³-hybridized carbons (Fsp3) is 0.640. The molecule has 1 aromatic heterocycles. The summed E-state index contributed by atoms with van der Waals surface area (Å²) in [6.07, 6.45) is 7.54. The van der Waals surface area contributed by atoms with Gasteiger partial charge in [-0.3, -0.25) is 4.79 Å². The molecule has 34 heavy (non-hydrogen) atoms. The maximum Gasteiger partial charge on any atom is 0.243 e. The van der Waals surface area contributed by atoms with Crippen molar-refractivity contribution in [3.63, 3.8) is 0 Å². The fourth-order valence-electron chi connectivity index (χ4n) is 7.37. The van der Waals surface area contributed by atoms with Crippen LogP contribution in [0.15, 0.2) is 23.1 Å². The Hall–Kier alpha value is -2.26. The number of hydrogen-bond acceptors (Lipinski definition) is 7. The molecule has 3 atom stereocenters. The molecule has 5 fully saturated rings. The zero-order chi connectivity index (χ0) is 23.8. The molecule has 2 aromatic rings. The molecule has 2 heterocycles. The summed E-state index contributed by atoms with van der Waals surface area (Å²) >= 11 is 0. The monoisotopic (exact) mass is 484 g/mol. The van der Waals surface area contributed by atoms with Gasteiger partial charge in [-0.1, -0.05) is 0 Å². The zero-order valence-electron chi connectivity index (χ0n) is 19.7. The summed E-state index contributed by atoms with van der Waals surface area (Å²) in [7, 11) is -3.35. The first-order valence-electron chi connectivity index (χ1n) is 12.4. The minimum Gasteiger partial charge on any atom is -0.390 e. The first-order chi connectivity index (χ1) is 16.1. The second-order valence-electron chi connectivity index (χ2n) is 11.1. The standard InChI is InChI=1S/C25H32N4O4S/c1-14-19-6-5-18(34(2,32)33)10-20(19)27-24(26-14)29-7-3-4-21(29)23(30)28-22-16-8-15-9-17(22)13-25(31,11-15)12-16/h5-6,10,15-17,21-22,31H,3-4,7-9,11-13H2,1-2H3,(H,28,30). The number of sulfone groups is 1. The van der Waals surface area contributed by atoms with Crippen LogP contribution in [0, 0.1) is 24.7 Å². The Kier molecular flexibility index (Phi) is 4.98. The Morgan fingerprint density at radius 1 is 1.18 bits per heavy atom. The van der Waals surface area contributed by atoms with Gasteiger partial charge in [0.1, 0.15) is 6.04 Å². The summed E-state index contributed by atoms with van der Waals surface area (Å²) in [5, 5.41) is 15.0. The average Bonchev–Trinajstić information content (AvgIpc) is 3.24. The van der Waals surface area contributed by atoms with Crippen LogP contribution in [0.4, 0.5) is 5.95 Å². The van der Waals surface area contributed by atoms with E-state index < -0.39 is 15.4 Å². The van der Waals surface area contributed by atoms with Crippen molar-refractivity contribution in [1.29, 1.82) is 0 Å². The SMILES string of the molecule is Cc1nc(N2CCCC2C(=O)NC2C3CC4CC2CC(O)(C4)C3)nc2cc(S(C)(=O)=O)ccc12. The third-order valence-electron chi connectivity index (χ3n) is 8.64. The molecule has 182 valence electrons. The number of aryl methyl sites for hydroxylation is 1. The molecule has 8 nitrogen and oxygen atoms in total. The molecule has 1 aliphatic heterocycles. The number of fused-ring (bicyclic) bond motifs is 1. The van der Waals surface area contributed by atoms with Crippen LogP contribution in [-0.2, 0) is 14.6 Å². The normalized spacial score (nSPS) is 34.7. The smallest absolute Gasteiger partial charge is 0.243 e. The molecular formula is C25H32N4O4S. The van der Waals surface area contributed by atoms with Crippen LogP contribution in [0.1, 0.15) is 50.6 Å². The lowest BCUT2D eigenvalue weighted by Gasteiger charge is -2.58. The van der Waals surface area contributed by atoms with Crippen molar-refractivity contribution in [2.75, 3.05) is 17.7 Å². The molecule has 0 radical (unpaired) electrons. The Balaban J connectivity index is 1.26. The number of hydrogen-bond donors (Lipinski definition) is 2. The van der Waals surface area contributed by atoms with Gasteiger partial charge in [0, 0.05) is 24.2 Å². The van der Waals surface area contributed by atoms with Crippen LogP contribution in [0.3, 0.4) is 0 Å². The quantitative estimate of drug-likeness (QED) is 0.685. The summed E-state index contributed by atoms with van der Waals surface area (Å²) < 4.78 is 24.1. The van der Waals surface area contributed by atoms with Gasteiger partial charge >= 0.3 is 0 Å². The number of amides is 1. The lowest BCUT2D eigenvalue weighted by molar-refractivity contribution is -0.147. The van der Waals surface area contributed by atoms with Gasteiger partial charge in [-0.25, -0.2) is 18.4 Å². The predicted octanol–water partition coefficient (Wildman–Crippen LogP) is 2.37. The number of nitrogens with one attached hydrogen (secondary N) is 1. The van der Waals surface area contributed by atoms with Crippen molar-refractivity contribution < 1.29 is 18.3 Å². The van der Waals surface area contributed by atoms with E-state index in [0.29, 0.717) is 35.8 Å². The van der Waals surface area contributed by atoms with Crippen molar-refractivity contribution in [3.8, 4) is 0 Å². The van der Waals surface area contributed by atoms with E-state index in [0.717, 1.165) is 56.0 Å². The maximum atomic E-state index is 13.5. The molecule has 9 heteroatoms. The topological polar surface area (TPSA) is 112 Å². The molecular weight excluding hydrogens is 452 g/mol. The minimum atomic E-state index is -3.35. The van der Waals surface area contributed by atoms with Gasteiger partial charge in [-0.2, -0.15) is 0 Å². The van der Waals surface area contributed by atoms with E-state index >= 15 is 0 Å². The van der Waals surface area contributed by atoms with Crippen LogP contribution in [0.2, 0.25) is 0 Å². The molecule has 4 saturated carbocycles. The largest absolute Gasteiger partial charge is 0.390 e. The third-order valence-corrected chi connectivity index (χ3v) is 9.75. The average molecular weight is 485 g/mol. The highest BCUT2D eigenvalue weighted by Gasteiger charge is 2.55. The summed E-state index contributed by atoms with van der Waals surface area (Å²) in [6, 6.07) is 4.73. The molecule has 4 bridgehead atoms. The van der Waals surface area contributed by atoms with E-state index in [9.17, 15) is 18.3 Å². The van der Waals surface area contributed by atoms with Gasteiger partial charge in [0.2, 0.25) is 11.9 Å². The van der Waals surface area contributed by atoms with Crippen LogP contribution >= 0.6 is 0 Å². The highest BCUT2D eigenvalue weighted by Crippen LogP contribution is 2.55. The van der Waals surface area contributed by atoms with Crippen LogP contribution in [0.25, 0.3) is 10.9 Å². The van der Waals surface area contributed by atoms with Crippen molar-refractivity contribution in [2.45, 2.75) is 74.4 Å². The Morgan fingerprint density at radius 3 is 2.59 bits per heavy atom. The molecule has 7 rings (SSSR count). The van der Waals surface area contributed by atoms with Gasteiger partial charge in [-0.15, -0.1) is 0 Å². The summed E-state index contributed by atoms with van der Waals surface area (Å²) in [4.78, 5) is 25.1. The van der Waals surface area contributed by atoms with Crippen LogP contribution < -0.4 is 10.2 Å². The van der Waals surface area contributed by atoms with Gasteiger partial charge < -0.3 is 15.3 Å². The van der Waals surface area contributed by atoms with Crippen LogP contribution in [0.5, 0.6) is 0 Å². The van der Waals surface area contributed by atoms with E-state index in [1.807, 2.05) is 11.8 Å². The number of aliphatic hydroxyl groups is 1. The van der Waals surface area contributed by atoms with E-state index in [1.54, 1.807) is 18.2 Å². The van der Waals surface area contributed by atoms with Crippen molar-refractivity contribution >= 4 is 32.6 Å². The summed E-state index contributed by atoms with van der Waals surface area (Å²) in [5.74, 6) is 1.83. The Labute approximate surface area is 200 Å². The molecule has 1 aromatic carbocycles. The fourth-order valence-corrected chi connectivity index (χ4v) is 8.01. The molecule has 3 unspecified atom stereocenters. The number of nitrogens with zero attached hydrogens (tertiary/aromatic N) is 3. The van der Waals surface area contributed by atoms with Crippen molar-refractivity contribution in [1.82, 2.24) is 15.3 Å². The third kappa shape index (κ3) is 3.68. The molecule has 5 aliphatic rings. The lowest BCUT2D eigenvalue weighted by atomic mass is 9.52. The number of aromatic nitrogens is 2. The van der Waals surface area contributed by atoms with Gasteiger partial charge in [0.15, 0.2) is 9.84 Å². The van der Waals surface area contributed by atoms with E-state index in [-0.39, 0.29) is 22.9 Å². The van der Waals surface area contributed by atoms with Gasteiger partial charge in [-0.05, 0) is 87.8 Å². The highest BCUT2D eigenvalue weighted by molar-refractivity contribution is 7.90. The summed E-state index contributed by atoms with van der Waals surface area (Å²) in [6.45, 7) is 2.58. The number of carbonyl (C=O) groups excluding carboxylic acids is 1. The molecule has 2 N–H and O–H groups in total. The molecule has 1 saturated heterocycles. The number of benzene rings is 1. The number of rotatable bonds is 4. The van der Waals surface area contributed by atoms with Crippen molar-refractivity contribution in [2.24, 2.45) is 17.8 Å². The van der Waals surface area contributed by atoms with E-state index in [2.05, 4.69) is 10.3 Å². The van der Waals surface area contributed by atoms with Crippen LogP contribution in [-0.4, -0.2) is 59.9 Å². The summed E-state index contributed by atoms with van der Waals surface area (Å²) in [5.41, 5.74) is 0.824. The minimum absolute atomic E-state index is 0.0215. The first-order valence-corrected chi connectivity index (χ1v) is 14.3. The Morgan fingerprint density at radius 2 is 1.91 bits per heavy atom.